The first-order valence-corrected chi connectivity index (χ1v) is 5.37. The highest BCUT2D eigenvalue weighted by molar-refractivity contribution is 5.84. The molecule has 7 heteroatoms. The van der Waals surface area contributed by atoms with Crippen LogP contribution in [0.2, 0.25) is 0 Å². The number of hydrogen-bond donors (Lipinski definition) is 4. The van der Waals surface area contributed by atoms with Crippen LogP contribution in [0, 0.1) is 0 Å². The number of carbonyl (C=O) groups is 2. The van der Waals surface area contributed by atoms with Gasteiger partial charge in [0, 0.05) is 6.42 Å². The highest BCUT2D eigenvalue weighted by Crippen LogP contribution is 2.06. The molecule has 0 aromatic carbocycles. The maximum atomic E-state index is 11.1. The van der Waals surface area contributed by atoms with Crippen LogP contribution in [-0.2, 0) is 14.3 Å². The number of aliphatic carboxylic acids is 1. The molecule has 3 unspecified atom stereocenters. The molecule has 0 aliphatic heterocycles. The van der Waals surface area contributed by atoms with Gasteiger partial charge in [-0.1, -0.05) is 19.8 Å². The van der Waals surface area contributed by atoms with Crippen molar-refractivity contribution in [3.05, 3.63) is 0 Å². The third-order valence-corrected chi connectivity index (χ3v) is 2.10. The summed E-state index contributed by atoms with van der Waals surface area (Å²) in [6.45, 7) is 1.96. The first kappa shape index (κ1) is 15.8. The maximum Gasteiger partial charge on any atom is 0.340 e. The van der Waals surface area contributed by atoms with Gasteiger partial charge in [0.1, 0.15) is 0 Å². The van der Waals surface area contributed by atoms with Crippen LogP contribution < -0.4 is 0 Å². The second-order valence-corrected chi connectivity index (χ2v) is 3.62. The Morgan fingerprint density at radius 1 is 1.12 bits per heavy atom. The van der Waals surface area contributed by atoms with Crippen LogP contribution >= 0.6 is 0 Å². The molecule has 0 heterocycles. The maximum absolute atomic E-state index is 11.1. The number of aliphatic hydroxyl groups excluding tert-OH is 3. The molecule has 0 saturated carbocycles. The van der Waals surface area contributed by atoms with E-state index in [4.69, 9.17) is 15.3 Å². The molecule has 0 aliphatic rings. The van der Waals surface area contributed by atoms with E-state index in [1.165, 1.54) is 0 Å². The second kappa shape index (κ2) is 7.99. The number of esters is 1. The van der Waals surface area contributed by atoms with Gasteiger partial charge in [0.15, 0.2) is 12.2 Å². The number of rotatable bonds is 8. The van der Waals surface area contributed by atoms with Gasteiger partial charge in [-0.3, -0.25) is 0 Å². The lowest BCUT2D eigenvalue weighted by Gasteiger charge is -2.16. The molecule has 0 fully saturated rings. The largest absolute Gasteiger partial charge is 0.479 e. The van der Waals surface area contributed by atoms with Crippen molar-refractivity contribution in [2.45, 2.75) is 51.1 Å². The summed E-state index contributed by atoms with van der Waals surface area (Å²) in [5, 5.41) is 35.5. The molecule has 0 aliphatic carbocycles. The fourth-order valence-electron chi connectivity index (χ4n) is 1.10. The van der Waals surface area contributed by atoms with Gasteiger partial charge in [0.2, 0.25) is 6.29 Å². The molecule has 0 bridgehead atoms. The number of unbranched alkanes of at least 4 members (excludes halogenated alkanes) is 2. The Bertz CT molecular complexity index is 253. The molecule has 7 nitrogen and oxygen atoms in total. The molecule has 0 spiro atoms. The Balaban J connectivity index is 4.02. The number of ether oxygens (including phenoxy) is 1. The van der Waals surface area contributed by atoms with E-state index in [0.717, 1.165) is 12.8 Å². The van der Waals surface area contributed by atoms with Crippen molar-refractivity contribution >= 4 is 11.9 Å². The quantitative estimate of drug-likeness (QED) is 0.253. The van der Waals surface area contributed by atoms with E-state index in [9.17, 15) is 14.7 Å². The summed E-state index contributed by atoms with van der Waals surface area (Å²) in [5.74, 6) is -3.10. The van der Waals surface area contributed by atoms with E-state index in [1.54, 1.807) is 0 Å². The normalized spacial score (nSPS) is 16.0. The van der Waals surface area contributed by atoms with E-state index in [2.05, 4.69) is 4.74 Å². The smallest absolute Gasteiger partial charge is 0.340 e. The molecule has 0 radical (unpaired) electrons. The molecule has 0 rings (SSSR count). The fraction of sp³-hybridized carbons (Fsp3) is 0.800. The molecule has 100 valence electrons. The fourth-order valence-corrected chi connectivity index (χ4v) is 1.10. The van der Waals surface area contributed by atoms with Crippen LogP contribution in [0.3, 0.4) is 0 Å². The highest BCUT2D eigenvalue weighted by atomic mass is 16.6. The second-order valence-electron chi connectivity index (χ2n) is 3.62. The summed E-state index contributed by atoms with van der Waals surface area (Å²) in [6, 6.07) is 0. The minimum Gasteiger partial charge on any atom is -0.479 e. The number of carbonyl (C=O) groups excluding carboxylic acids is 1. The van der Waals surface area contributed by atoms with Crippen molar-refractivity contribution in [1.29, 1.82) is 0 Å². The van der Waals surface area contributed by atoms with E-state index in [-0.39, 0.29) is 6.42 Å². The molecular weight excluding hydrogens is 232 g/mol. The predicted octanol–water partition coefficient (Wildman–Crippen LogP) is -0.765. The standard InChI is InChI=1S/C10H18O7/c1-2-3-4-5-6(11)17-10(16)8(13)7(12)9(14)15/h6-8,11-13H,2-5H2,1H3,(H,14,15). The molecule has 3 atom stereocenters. The summed E-state index contributed by atoms with van der Waals surface area (Å²) >= 11 is 0. The summed E-state index contributed by atoms with van der Waals surface area (Å²) in [4.78, 5) is 21.3. The van der Waals surface area contributed by atoms with Crippen LogP contribution in [0.1, 0.15) is 32.6 Å². The zero-order valence-corrected chi connectivity index (χ0v) is 9.57. The van der Waals surface area contributed by atoms with E-state index >= 15 is 0 Å². The Morgan fingerprint density at radius 2 is 1.71 bits per heavy atom. The summed E-state index contributed by atoms with van der Waals surface area (Å²) in [5.41, 5.74) is 0. The van der Waals surface area contributed by atoms with Gasteiger partial charge < -0.3 is 25.2 Å². The van der Waals surface area contributed by atoms with Crippen LogP contribution in [0.5, 0.6) is 0 Å². The van der Waals surface area contributed by atoms with Crippen LogP contribution in [0.25, 0.3) is 0 Å². The molecule has 0 aromatic heterocycles. The topological polar surface area (TPSA) is 124 Å². The van der Waals surface area contributed by atoms with E-state index in [0.29, 0.717) is 6.42 Å². The first-order valence-electron chi connectivity index (χ1n) is 5.37. The van der Waals surface area contributed by atoms with Crippen molar-refractivity contribution in [2.75, 3.05) is 0 Å². The lowest BCUT2D eigenvalue weighted by atomic mass is 10.2. The zero-order chi connectivity index (χ0) is 13.4. The monoisotopic (exact) mass is 250 g/mol. The molecule has 17 heavy (non-hydrogen) atoms. The highest BCUT2D eigenvalue weighted by Gasteiger charge is 2.32. The Hall–Kier alpha value is -1.18. The summed E-state index contributed by atoms with van der Waals surface area (Å²) in [6.07, 6.45) is -3.23. The lowest BCUT2D eigenvalue weighted by molar-refractivity contribution is -0.188. The number of carboxylic acid groups (broad SMARTS) is 1. The predicted molar refractivity (Wildman–Crippen MR) is 55.9 cm³/mol. The van der Waals surface area contributed by atoms with Crippen molar-refractivity contribution in [2.24, 2.45) is 0 Å². The zero-order valence-electron chi connectivity index (χ0n) is 9.57. The Kier molecular flexibility index (Phi) is 7.44. The van der Waals surface area contributed by atoms with Gasteiger partial charge in [-0.05, 0) is 6.42 Å². The average Bonchev–Trinajstić information content (AvgIpc) is 2.27. The van der Waals surface area contributed by atoms with Gasteiger partial charge in [-0.2, -0.15) is 0 Å². The van der Waals surface area contributed by atoms with Gasteiger partial charge in [0.25, 0.3) is 0 Å². The van der Waals surface area contributed by atoms with E-state index in [1.807, 2.05) is 6.92 Å². The molecule has 0 amide bonds. The SMILES string of the molecule is CCCCCC(O)OC(=O)C(O)C(O)C(=O)O. The third kappa shape index (κ3) is 6.20. The molecule has 0 aromatic rings. The Labute approximate surface area is 98.6 Å². The Morgan fingerprint density at radius 3 is 2.18 bits per heavy atom. The lowest BCUT2D eigenvalue weighted by Crippen LogP contribution is -2.41. The van der Waals surface area contributed by atoms with Crippen molar-refractivity contribution in [1.82, 2.24) is 0 Å². The molecule has 4 N–H and O–H groups in total. The van der Waals surface area contributed by atoms with Crippen LogP contribution in [0.15, 0.2) is 0 Å². The van der Waals surface area contributed by atoms with E-state index < -0.39 is 30.4 Å². The third-order valence-electron chi connectivity index (χ3n) is 2.10. The van der Waals surface area contributed by atoms with Gasteiger partial charge in [0.05, 0.1) is 0 Å². The number of aliphatic hydroxyl groups is 3. The van der Waals surface area contributed by atoms with Crippen molar-refractivity contribution in [3.8, 4) is 0 Å². The molecular formula is C10H18O7. The number of carboxylic acids is 1. The minimum atomic E-state index is -2.26. The molecule has 0 saturated heterocycles. The average molecular weight is 250 g/mol. The summed E-state index contributed by atoms with van der Waals surface area (Å²) in [7, 11) is 0. The van der Waals surface area contributed by atoms with Crippen LogP contribution in [-0.4, -0.2) is 50.9 Å². The van der Waals surface area contributed by atoms with Crippen molar-refractivity contribution in [3.63, 3.8) is 0 Å². The van der Waals surface area contributed by atoms with Crippen molar-refractivity contribution < 1.29 is 34.8 Å². The summed E-state index contributed by atoms with van der Waals surface area (Å²) < 4.78 is 4.37. The first-order chi connectivity index (χ1) is 7.90. The minimum absolute atomic E-state index is 0.204. The van der Waals surface area contributed by atoms with Gasteiger partial charge in [-0.15, -0.1) is 0 Å². The van der Waals surface area contributed by atoms with Gasteiger partial charge in [-0.25, -0.2) is 9.59 Å². The van der Waals surface area contributed by atoms with Gasteiger partial charge >= 0.3 is 11.9 Å². The van der Waals surface area contributed by atoms with Crippen LogP contribution in [0.4, 0.5) is 0 Å². The number of hydrogen-bond acceptors (Lipinski definition) is 6.